The maximum absolute atomic E-state index is 12.1. The average Bonchev–Trinajstić information content (AvgIpc) is 2.27. The Kier molecular flexibility index (Phi) is 4.72. The van der Waals surface area contributed by atoms with Gasteiger partial charge in [-0.2, -0.15) is 0 Å². The highest BCUT2D eigenvalue weighted by molar-refractivity contribution is 5.83. The van der Waals surface area contributed by atoms with Crippen LogP contribution in [0, 0.1) is 0 Å². The van der Waals surface area contributed by atoms with E-state index in [-0.39, 0.29) is 12.5 Å². The van der Waals surface area contributed by atoms with Crippen molar-refractivity contribution in [2.75, 3.05) is 19.8 Å². The number of carboxylic acids is 1. The number of urea groups is 1. The predicted octanol–water partition coefficient (Wildman–Crippen LogP) is 0.836. The molecule has 1 aliphatic rings. The quantitative estimate of drug-likeness (QED) is 0.730. The van der Waals surface area contributed by atoms with E-state index in [2.05, 4.69) is 11.9 Å². The summed E-state index contributed by atoms with van der Waals surface area (Å²) in [6, 6.07) is -1.31. The minimum atomic E-state index is -1.06. The molecule has 0 spiro atoms. The lowest BCUT2D eigenvalue weighted by Crippen LogP contribution is -2.60. The molecule has 102 valence electrons. The standard InChI is InChI=1S/C12H20N2O4/c1-4-5-9(10(15)16)13-11(17)14-6-7-18-8-12(14,2)3/h4,9H,1,5-8H2,2-3H3,(H,13,17)(H,15,16). The van der Waals surface area contributed by atoms with Crippen molar-refractivity contribution in [1.82, 2.24) is 10.2 Å². The highest BCUT2D eigenvalue weighted by atomic mass is 16.5. The lowest BCUT2D eigenvalue weighted by Gasteiger charge is -2.42. The summed E-state index contributed by atoms with van der Waals surface area (Å²) in [5.74, 6) is -1.06. The zero-order valence-electron chi connectivity index (χ0n) is 10.8. The van der Waals surface area contributed by atoms with E-state index in [9.17, 15) is 9.59 Å². The molecule has 0 bridgehead atoms. The number of hydrogen-bond donors (Lipinski definition) is 2. The van der Waals surface area contributed by atoms with Crippen LogP contribution < -0.4 is 5.32 Å². The number of hydrogen-bond acceptors (Lipinski definition) is 3. The first-order valence-electron chi connectivity index (χ1n) is 5.88. The molecule has 1 aliphatic heterocycles. The Hall–Kier alpha value is -1.56. The predicted molar refractivity (Wildman–Crippen MR) is 66.4 cm³/mol. The first-order valence-corrected chi connectivity index (χ1v) is 5.88. The van der Waals surface area contributed by atoms with Gasteiger partial charge >= 0.3 is 12.0 Å². The number of carbonyl (C=O) groups excluding carboxylic acids is 1. The van der Waals surface area contributed by atoms with E-state index in [1.165, 1.54) is 6.08 Å². The van der Waals surface area contributed by atoms with Crippen LogP contribution >= 0.6 is 0 Å². The number of carbonyl (C=O) groups is 2. The van der Waals surface area contributed by atoms with Gasteiger partial charge in [-0.05, 0) is 20.3 Å². The van der Waals surface area contributed by atoms with Crippen molar-refractivity contribution < 1.29 is 19.4 Å². The second-order valence-electron chi connectivity index (χ2n) is 4.88. The fraction of sp³-hybridized carbons (Fsp3) is 0.667. The molecule has 2 N–H and O–H groups in total. The molecule has 6 heteroatoms. The Morgan fingerprint density at radius 3 is 2.78 bits per heavy atom. The van der Waals surface area contributed by atoms with Gasteiger partial charge in [0.25, 0.3) is 0 Å². The third kappa shape index (κ3) is 3.46. The summed E-state index contributed by atoms with van der Waals surface area (Å²) in [6.07, 6.45) is 1.68. The van der Waals surface area contributed by atoms with Crippen LogP contribution in [0.5, 0.6) is 0 Å². The first kappa shape index (κ1) is 14.5. The van der Waals surface area contributed by atoms with E-state index in [1.807, 2.05) is 13.8 Å². The fourth-order valence-corrected chi connectivity index (χ4v) is 1.85. The third-order valence-electron chi connectivity index (χ3n) is 2.89. The van der Waals surface area contributed by atoms with Crippen molar-refractivity contribution in [3.05, 3.63) is 12.7 Å². The fourth-order valence-electron chi connectivity index (χ4n) is 1.85. The number of aliphatic carboxylic acids is 1. The van der Waals surface area contributed by atoms with Crippen molar-refractivity contribution in [3.8, 4) is 0 Å². The van der Waals surface area contributed by atoms with Crippen molar-refractivity contribution in [3.63, 3.8) is 0 Å². The van der Waals surface area contributed by atoms with Crippen LogP contribution in [-0.2, 0) is 9.53 Å². The molecule has 1 heterocycles. The monoisotopic (exact) mass is 256 g/mol. The summed E-state index contributed by atoms with van der Waals surface area (Å²) < 4.78 is 5.31. The molecule has 1 fully saturated rings. The summed E-state index contributed by atoms with van der Waals surface area (Å²) >= 11 is 0. The Morgan fingerprint density at radius 2 is 2.28 bits per heavy atom. The zero-order chi connectivity index (χ0) is 13.8. The average molecular weight is 256 g/mol. The molecule has 0 aromatic carbocycles. The van der Waals surface area contributed by atoms with Gasteiger partial charge in [-0.25, -0.2) is 9.59 Å². The van der Waals surface area contributed by atoms with E-state index in [4.69, 9.17) is 9.84 Å². The molecule has 18 heavy (non-hydrogen) atoms. The lowest BCUT2D eigenvalue weighted by molar-refractivity contribution is -0.139. The summed E-state index contributed by atoms with van der Waals surface area (Å²) in [5.41, 5.74) is -0.431. The minimum absolute atomic E-state index is 0.200. The van der Waals surface area contributed by atoms with Gasteiger partial charge in [0.2, 0.25) is 0 Å². The van der Waals surface area contributed by atoms with Crippen LogP contribution in [0.25, 0.3) is 0 Å². The number of morpholine rings is 1. The van der Waals surface area contributed by atoms with Crippen LogP contribution in [0.4, 0.5) is 4.79 Å². The van der Waals surface area contributed by atoms with Gasteiger partial charge in [0, 0.05) is 6.54 Å². The Morgan fingerprint density at radius 1 is 1.61 bits per heavy atom. The summed E-state index contributed by atoms with van der Waals surface area (Å²) in [4.78, 5) is 24.6. The maximum atomic E-state index is 12.1. The molecule has 1 atom stereocenters. The van der Waals surface area contributed by atoms with Gasteiger partial charge in [-0.1, -0.05) is 6.08 Å². The molecular formula is C12H20N2O4. The molecule has 6 nitrogen and oxygen atoms in total. The van der Waals surface area contributed by atoms with Crippen LogP contribution in [0.15, 0.2) is 12.7 Å². The Bertz CT molecular complexity index is 341. The summed E-state index contributed by atoms with van der Waals surface area (Å²) in [6.45, 7) is 8.62. The number of rotatable bonds is 4. The first-order chi connectivity index (χ1) is 8.38. The summed E-state index contributed by atoms with van der Waals surface area (Å²) in [5, 5.41) is 11.5. The molecule has 1 rings (SSSR count). The zero-order valence-corrected chi connectivity index (χ0v) is 10.8. The summed E-state index contributed by atoms with van der Waals surface area (Å²) in [7, 11) is 0. The van der Waals surface area contributed by atoms with Crippen LogP contribution in [-0.4, -0.2) is 53.3 Å². The molecule has 0 saturated carbocycles. The van der Waals surface area contributed by atoms with Crippen molar-refractivity contribution in [2.45, 2.75) is 31.8 Å². The number of amides is 2. The topological polar surface area (TPSA) is 78.9 Å². The minimum Gasteiger partial charge on any atom is -0.480 e. The van der Waals surface area contributed by atoms with E-state index in [0.717, 1.165) is 0 Å². The third-order valence-corrected chi connectivity index (χ3v) is 2.89. The van der Waals surface area contributed by atoms with Gasteiger partial charge in [0.15, 0.2) is 0 Å². The molecule has 0 aromatic heterocycles. The molecule has 0 radical (unpaired) electrons. The number of nitrogens with one attached hydrogen (secondary N) is 1. The highest BCUT2D eigenvalue weighted by Crippen LogP contribution is 2.19. The molecule has 2 amide bonds. The Balaban J connectivity index is 2.68. The number of nitrogens with zero attached hydrogens (tertiary/aromatic N) is 1. The van der Waals surface area contributed by atoms with Gasteiger partial charge in [0.1, 0.15) is 6.04 Å². The van der Waals surface area contributed by atoms with Crippen molar-refractivity contribution in [1.29, 1.82) is 0 Å². The van der Waals surface area contributed by atoms with E-state index in [0.29, 0.717) is 19.8 Å². The smallest absolute Gasteiger partial charge is 0.326 e. The molecular weight excluding hydrogens is 236 g/mol. The van der Waals surface area contributed by atoms with Gasteiger partial charge < -0.3 is 20.1 Å². The van der Waals surface area contributed by atoms with Crippen LogP contribution in [0.3, 0.4) is 0 Å². The van der Waals surface area contributed by atoms with Gasteiger partial charge in [-0.3, -0.25) is 0 Å². The number of carboxylic acid groups (broad SMARTS) is 1. The highest BCUT2D eigenvalue weighted by Gasteiger charge is 2.35. The molecule has 0 aromatic rings. The van der Waals surface area contributed by atoms with Crippen molar-refractivity contribution in [2.24, 2.45) is 0 Å². The van der Waals surface area contributed by atoms with Gasteiger partial charge in [-0.15, -0.1) is 6.58 Å². The lowest BCUT2D eigenvalue weighted by atomic mass is 10.0. The maximum Gasteiger partial charge on any atom is 0.326 e. The SMILES string of the molecule is C=CCC(NC(=O)N1CCOCC1(C)C)C(=O)O. The second kappa shape index (κ2) is 5.86. The van der Waals surface area contributed by atoms with Crippen LogP contribution in [0.2, 0.25) is 0 Å². The Labute approximate surface area is 107 Å². The number of ether oxygens (including phenoxy) is 1. The van der Waals surface area contributed by atoms with Gasteiger partial charge in [0.05, 0.1) is 18.8 Å². The normalized spacial score (nSPS) is 20.0. The van der Waals surface area contributed by atoms with E-state index >= 15 is 0 Å². The van der Waals surface area contributed by atoms with Crippen molar-refractivity contribution >= 4 is 12.0 Å². The van der Waals surface area contributed by atoms with E-state index < -0.39 is 17.6 Å². The largest absolute Gasteiger partial charge is 0.480 e. The molecule has 1 saturated heterocycles. The van der Waals surface area contributed by atoms with Crippen LogP contribution in [0.1, 0.15) is 20.3 Å². The molecule has 0 aliphatic carbocycles. The second-order valence-corrected chi connectivity index (χ2v) is 4.88. The van der Waals surface area contributed by atoms with E-state index in [1.54, 1.807) is 4.90 Å². The molecule has 1 unspecified atom stereocenters.